The standard InChI is InChI=1S/C6H13NO4/c1-4-2-5(8,7-3-4)6(9,10)11/h4,7-11H,2-3H2,1H3/t4?,5-/m0/s1. The fourth-order valence-corrected chi connectivity index (χ4v) is 1.25. The van der Waals surface area contributed by atoms with Gasteiger partial charge >= 0.3 is 5.97 Å². The van der Waals surface area contributed by atoms with E-state index in [2.05, 4.69) is 5.32 Å². The number of hydrogen-bond donors (Lipinski definition) is 5. The molecule has 0 aromatic heterocycles. The zero-order valence-electron chi connectivity index (χ0n) is 6.28. The molecule has 2 atom stereocenters. The Labute approximate surface area is 64.3 Å². The van der Waals surface area contributed by atoms with Gasteiger partial charge in [0.2, 0.25) is 0 Å². The Kier molecular flexibility index (Phi) is 1.94. The second-order valence-corrected chi connectivity index (χ2v) is 3.19. The third-order valence-corrected chi connectivity index (χ3v) is 1.94. The predicted octanol–water partition coefficient (Wildman–Crippen LogP) is -2.06. The first-order chi connectivity index (χ1) is 4.85. The number of aliphatic hydroxyl groups is 4. The molecule has 1 saturated heterocycles. The first-order valence-corrected chi connectivity index (χ1v) is 3.50. The largest absolute Gasteiger partial charge is 0.368 e. The van der Waals surface area contributed by atoms with E-state index in [9.17, 15) is 5.11 Å². The van der Waals surface area contributed by atoms with Gasteiger partial charge in [0, 0.05) is 13.0 Å². The Bertz CT molecular complexity index is 155. The van der Waals surface area contributed by atoms with E-state index in [0.717, 1.165) is 0 Å². The van der Waals surface area contributed by atoms with Gasteiger partial charge in [0.1, 0.15) is 0 Å². The Morgan fingerprint density at radius 2 is 2.00 bits per heavy atom. The minimum atomic E-state index is -3.06. The van der Waals surface area contributed by atoms with E-state index < -0.39 is 11.7 Å². The summed E-state index contributed by atoms with van der Waals surface area (Å²) in [5.41, 5.74) is -1.98. The van der Waals surface area contributed by atoms with Crippen LogP contribution in [-0.2, 0) is 0 Å². The van der Waals surface area contributed by atoms with E-state index in [4.69, 9.17) is 15.3 Å². The molecular weight excluding hydrogens is 150 g/mol. The maximum absolute atomic E-state index is 9.34. The molecule has 0 aromatic carbocycles. The second-order valence-electron chi connectivity index (χ2n) is 3.19. The highest BCUT2D eigenvalue weighted by Gasteiger charge is 2.51. The molecule has 0 saturated carbocycles. The van der Waals surface area contributed by atoms with E-state index in [1.165, 1.54) is 0 Å². The van der Waals surface area contributed by atoms with E-state index in [-0.39, 0.29) is 12.3 Å². The van der Waals surface area contributed by atoms with Crippen molar-refractivity contribution in [3.05, 3.63) is 0 Å². The van der Waals surface area contributed by atoms with E-state index in [1.54, 1.807) is 0 Å². The quantitative estimate of drug-likeness (QED) is 0.286. The molecule has 1 heterocycles. The minimum Gasteiger partial charge on any atom is -0.368 e. The molecule has 66 valence electrons. The van der Waals surface area contributed by atoms with Crippen LogP contribution in [-0.4, -0.2) is 38.7 Å². The maximum atomic E-state index is 9.34. The molecular formula is C6H13NO4. The molecule has 0 bridgehead atoms. The van der Waals surface area contributed by atoms with Crippen LogP contribution in [0.4, 0.5) is 0 Å². The predicted molar refractivity (Wildman–Crippen MR) is 36.1 cm³/mol. The van der Waals surface area contributed by atoms with Crippen molar-refractivity contribution in [2.75, 3.05) is 6.54 Å². The van der Waals surface area contributed by atoms with Crippen LogP contribution in [0.25, 0.3) is 0 Å². The normalized spacial score (nSPS) is 39.5. The molecule has 0 aliphatic carbocycles. The van der Waals surface area contributed by atoms with Crippen LogP contribution >= 0.6 is 0 Å². The van der Waals surface area contributed by atoms with Gasteiger partial charge in [0.05, 0.1) is 0 Å². The van der Waals surface area contributed by atoms with E-state index in [0.29, 0.717) is 6.54 Å². The number of hydrogen-bond acceptors (Lipinski definition) is 5. The van der Waals surface area contributed by atoms with Gasteiger partial charge in [-0.2, -0.15) is 0 Å². The minimum absolute atomic E-state index is 0.117. The van der Waals surface area contributed by atoms with E-state index in [1.807, 2.05) is 6.92 Å². The van der Waals surface area contributed by atoms with Crippen molar-refractivity contribution in [3.63, 3.8) is 0 Å². The van der Waals surface area contributed by atoms with Gasteiger partial charge < -0.3 is 20.4 Å². The fourth-order valence-electron chi connectivity index (χ4n) is 1.25. The average Bonchev–Trinajstić information content (AvgIpc) is 2.10. The van der Waals surface area contributed by atoms with Gasteiger partial charge in [0.15, 0.2) is 5.72 Å². The molecule has 1 aliphatic heterocycles. The maximum Gasteiger partial charge on any atom is 0.320 e. The summed E-state index contributed by atoms with van der Waals surface area (Å²) < 4.78 is 0. The van der Waals surface area contributed by atoms with Crippen LogP contribution in [0, 0.1) is 5.92 Å². The summed E-state index contributed by atoms with van der Waals surface area (Å²) in [4.78, 5) is 0. The fraction of sp³-hybridized carbons (Fsp3) is 1.00. The van der Waals surface area contributed by atoms with Crippen molar-refractivity contribution in [3.8, 4) is 0 Å². The van der Waals surface area contributed by atoms with Gasteiger partial charge in [-0.25, -0.2) is 0 Å². The molecule has 1 rings (SSSR count). The van der Waals surface area contributed by atoms with Crippen LogP contribution in [0.5, 0.6) is 0 Å². The highest BCUT2D eigenvalue weighted by Crippen LogP contribution is 2.28. The molecule has 1 unspecified atom stereocenters. The van der Waals surface area contributed by atoms with Crippen LogP contribution in [0.15, 0.2) is 0 Å². The summed E-state index contributed by atoms with van der Waals surface area (Å²) in [7, 11) is 0. The molecule has 0 radical (unpaired) electrons. The summed E-state index contributed by atoms with van der Waals surface area (Å²) in [6.45, 7) is 2.29. The molecule has 5 nitrogen and oxygen atoms in total. The Morgan fingerprint density at radius 1 is 1.45 bits per heavy atom. The van der Waals surface area contributed by atoms with Gasteiger partial charge in [-0.05, 0) is 5.92 Å². The van der Waals surface area contributed by atoms with Gasteiger partial charge in [-0.15, -0.1) is 0 Å². The zero-order valence-corrected chi connectivity index (χ0v) is 6.28. The Balaban J connectivity index is 2.69. The summed E-state index contributed by atoms with van der Waals surface area (Å²) in [5, 5.41) is 37.8. The molecule has 1 aliphatic rings. The SMILES string of the molecule is CC1CN[C@@](O)(C(O)(O)O)C1. The van der Waals surface area contributed by atoms with Gasteiger partial charge in [-0.3, -0.25) is 5.32 Å². The van der Waals surface area contributed by atoms with Crippen molar-refractivity contribution in [1.29, 1.82) is 0 Å². The highest BCUT2D eigenvalue weighted by molar-refractivity contribution is 4.90. The van der Waals surface area contributed by atoms with Crippen molar-refractivity contribution >= 4 is 0 Å². The molecule has 1 fully saturated rings. The lowest BCUT2D eigenvalue weighted by Crippen LogP contribution is -2.60. The Hall–Kier alpha value is -0.200. The summed E-state index contributed by atoms with van der Waals surface area (Å²) >= 11 is 0. The lowest BCUT2D eigenvalue weighted by atomic mass is 10.0. The molecule has 0 spiro atoms. The third kappa shape index (κ3) is 1.52. The van der Waals surface area contributed by atoms with Crippen molar-refractivity contribution in [1.82, 2.24) is 5.32 Å². The van der Waals surface area contributed by atoms with E-state index >= 15 is 0 Å². The van der Waals surface area contributed by atoms with Crippen LogP contribution < -0.4 is 5.32 Å². The Morgan fingerprint density at radius 3 is 2.18 bits per heavy atom. The number of rotatable bonds is 1. The van der Waals surface area contributed by atoms with Crippen LogP contribution in [0.2, 0.25) is 0 Å². The molecule has 0 amide bonds. The summed E-state index contributed by atoms with van der Waals surface area (Å²) in [5.74, 6) is -2.94. The zero-order chi connectivity index (χ0) is 8.70. The van der Waals surface area contributed by atoms with Crippen molar-refractivity contribution < 1.29 is 20.4 Å². The molecule has 5 heteroatoms. The van der Waals surface area contributed by atoms with Crippen molar-refractivity contribution in [2.24, 2.45) is 5.92 Å². The second kappa shape index (κ2) is 2.40. The van der Waals surface area contributed by atoms with Crippen LogP contribution in [0.1, 0.15) is 13.3 Å². The molecule has 11 heavy (non-hydrogen) atoms. The lowest BCUT2D eigenvalue weighted by Gasteiger charge is -2.31. The smallest absolute Gasteiger partial charge is 0.320 e. The van der Waals surface area contributed by atoms with Gasteiger partial charge in [-0.1, -0.05) is 6.92 Å². The third-order valence-electron chi connectivity index (χ3n) is 1.94. The average molecular weight is 163 g/mol. The lowest BCUT2D eigenvalue weighted by molar-refractivity contribution is -0.395. The van der Waals surface area contributed by atoms with Gasteiger partial charge in [0.25, 0.3) is 0 Å². The first-order valence-electron chi connectivity index (χ1n) is 3.50. The molecule has 5 N–H and O–H groups in total. The summed E-state index contributed by atoms with van der Waals surface area (Å²) in [6.07, 6.45) is 0.122. The summed E-state index contributed by atoms with van der Waals surface area (Å²) in [6, 6.07) is 0. The monoisotopic (exact) mass is 163 g/mol. The topological polar surface area (TPSA) is 93.0 Å². The first kappa shape index (κ1) is 8.89. The van der Waals surface area contributed by atoms with Crippen molar-refractivity contribution in [2.45, 2.75) is 25.0 Å². The van der Waals surface area contributed by atoms with Crippen LogP contribution in [0.3, 0.4) is 0 Å². The highest BCUT2D eigenvalue weighted by atomic mass is 16.7. The molecule has 0 aromatic rings. The number of nitrogens with one attached hydrogen (secondary N) is 1.